The van der Waals surface area contributed by atoms with Gasteiger partial charge in [-0.15, -0.1) is 12.4 Å². The van der Waals surface area contributed by atoms with Gasteiger partial charge in [0.25, 0.3) is 11.8 Å². The molecule has 1 atom stereocenters. The predicted molar refractivity (Wildman–Crippen MR) is 99.2 cm³/mol. The number of nitrogens with two attached hydrogens (primary N) is 1. The summed E-state index contributed by atoms with van der Waals surface area (Å²) in [4.78, 5) is 61.6. The number of fused-ring (bicyclic) bond motifs is 1. The molecule has 4 N–H and O–H groups in total. The fourth-order valence-electron chi connectivity index (χ4n) is 3.13. The number of nitrogens with one attached hydrogen (secondary N) is 2. The topological polar surface area (TPSA) is 148 Å². The van der Waals surface area contributed by atoms with Gasteiger partial charge in [0.1, 0.15) is 18.4 Å². The molecule has 0 spiro atoms. The molecule has 1 unspecified atom stereocenters. The summed E-state index contributed by atoms with van der Waals surface area (Å²) < 4.78 is 5.47. The number of anilines is 1. The van der Waals surface area contributed by atoms with Crippen molar-refractivity contribution in [2.75, 3.05) is 18.5 Å². The molecule has 0 aromatic heterocycles. The Labute approximate surface area is 166 Å². The molecular weight excluding hydrogens is 392 g/mol. The first-order valence-corrected chi connectivity index (χ1v) is 8.34. The highest BCUT2D eigenvalue weighted by Gasteiger charge is 2.46. The van der Waals surface area contributed by atoms with E-state index in [1.54, 1.807) is 0 Å². The average Bonchev–Trinajstić information content (AvgIpc) is 2.85. The molecule has 1 aromatic carbocycles. The zero-order chi connectivity index (χ0) is 19.7. The summed E-state index contributed by atoms with van der Waals surface area (Å²) >= 11 is 0. The van der Waals surface area contributed by atoms with Crippen molar-refractivity contribution in [2.45, 2.75) is 25.8 Å². The van der Waals surface area contributed by atoms with E-state index in [1.807, 2.05) is 0 Å². The van der Waals surface area contributed by atoms with Crippen molar-refractivity contribution in [1.29, 1.82) is 0 Å². The molecule has 5 amide bonds. The highest BCUT2D eigenvalue weighted by atomic mass is 35.5. The Balaban J connectivity index is 0.00000280. The number of hydrogen-bond acceptors (Lipinski definition) is 7. The fraction of sp³-hybridized carbons (Fsp3) is 0.353. The number of ether oxygens (including phenoxy) is 1. The van der Waals surface area contributed by atoms with Crippen molar-refractivity contribution in [3.05, 3.63) is 23.3 Å². The molecule has 1 fully saturated rings. The number of imide groups is 2. The SMILES string of the molecule is CC(=O)Nc1c(OCCN)ccc2c1C(=O)N(C1CCC(=O)NC1=O)C2=O.Cl. The molecule has 28 heavy (non-hydrogen) atoms. The number of halogens is 1. The van der Waals surface area contributed by atoms with E-state index in [0.717, 1.165) is 4.90 Å². The van der Waals surface area contributed by atoms with Crippen LogP contribution in [0.3, 0.4) is 0 Å². The third-order valence-electron chi connectivity index (χ3n) is 4.25. The van der Waals surface area contributed by atoms with Crippen LogP contribution in [0.2, 0.25) is 0 Å². The first-order valence-electron chi connectivity index (χ1n) is 8.34. The van der Waals surface area contributed by atoms with Crippen molar-refractivity contribution in [2.24, 2.45) is 5.73 Å². The summed E-state index contributed by atoms with van der Waals surface area (Å²) in [6.07, 6.45) is 0.0648. The summed E-state index contributed by atoms with van der Waals surface area (Å²) in [7, 11) is 0. The second-order valence-electron chi connectivity index (χ2n) is 6.13. The van der Waals surface area contributed by atoms with Gasteiger partial charge in [-0.1, -0.05) is 0 Å². The molecule has 0 aliphatic carbocycles. The first kappa shape index (κ1) is 21.3. The van der Waals surface area contributed by atoms with Crippen LogP contribution in [-0.4, -0.2) is 53.6 Å². The smallest absolute Gasteiger partial charge is 0.264 e. The molecular formula is C17H19ClN4O6. The maximum Gasteiger partial charge on any atom is 0.264 e. The molecule has 0 bridgehead atoms. The summed E-state index contributed by atoms with van der Waals surface area (Å²) in [6.45, 7) is 1.61. The Hall–Kier alpha value is -2.98. The molecule has 2 aliphatic rings. The largest absolute Gasteiger partial charge is 0.490 e. The summed E-state index contributed by atoms with van der Waals surface area (Å²) in [5, 5.41) is 4.64. The minimum Gasteiger partial charge on any atom is -0.490 e. The Bertz CT molecular complexity index is 871. The normalized spacial score (nSPS) is 18.4. The van der Waals surface area contributed by atoms with Gasteiger partial charge in [0, 0.05) is 19.9 Å². The van der Waals surface area contributed by atoms with Crippen molar-refractivity contribution in [3.63, 3.8) is 0 Å². The number of amides is 5. The van der Waals surface area contributed by atoms with Gasteiger partial charge in [-0.2, -0.15) is 0 Å². The Kier molecular flexibility index (Phi) is 6.37. The third-order valence-corrected chi connectivity index (χ3v) is 4.25. The van der Waals surface area contributed by atoms with Crippen molar-refractivity contribution >= 4 is 47.6 Å². The number of piperidine rings is 1. The Morgan fingerprint density at radius 1 is 1.29 bits per heavy atom. The number of rotatable bonds is 5. The Morgan fingerprint density at radius 2 is 2.00 bits per heavy atom. The van der Waals surface area contributed by atoms with E-state index in [9.17, 15) is 24.0 Å². The van der Waals surface area contributed by atoms with E-state index >= 15 is 0 Å². The maximum atomic E-state index is 13.0. The molecule has 150 valence electrons. The number of carbonyl (C=O) groups is 5. The van der Waals surface area contributed by atoms with Crippen LogP contribution in [0.4, 0.5) is 5.69 Å². The summed E-state index contributed by atoms with van der Waals surface area (Å²) in [6, 6.07) is 1.77. The number of carbonyl (C=O) groups excluding carboxylic acids is 5. The summed E-state index contributed by atoms with van der Waals surface area (Å²) in [5.41, 5.74) is 5.48. The second-order valence-corrected chi connectivity index (χ2v) is 6.13. The quantitative estimate of drug-likeness (QED) is 0.569. The molecule has 2 aliphatic heterocycles. The standard InChI is InChI=1S/C17H18N4O6.ClH/c1-8(22)19-14-11(27-7-6-18)4-2-9-13(14)17(26)21(16(9)25)10-3-5-12(23)20-15(10)24;/h2,4,10H,3,5-7,18H2,1H3,(H,19,22)(H,20,23,24);1H. The third kappa shape index (κ3) is 3.69. The molecule has 11 heteroatoms. The van der Waals surface area contributed by atoms with E-state index in [2.05, 4.69) is 10.6 Å². The highest BCUT2D eigenvalue weighted by Crippen LogP contribution is 2.38. The minimum absolute atomic E-state index is 0. The van der Waals surface area contributed by atoms with E-state index in [-0.39, 0.29) is 61.0 Å². The van der Waals surface area contributed by atoms with E-state index in [4.69, 9.17) is 10.5 Å². The highest BCUT2D eigenvalue weighted by molar-refractivity contribution is 6.26. The molecule has 1 aromatic rings. The van der Waals surface area contributed by atoms with Gasteiger partial charge in [-0.3, -0.25) is 34.2 Å². The van der Waals surface area contributed by atoms with E-state index in [0.29, 0.717) is 0 Å². The zero-order valence-corrected chi connectivity index (χ0v) is 15.8. The van der Waals surface area contributed by atoms with Crippen LogP contribution in [0.1, 0.15) is 40.5 Å². The number of nitrogens with zero attached hydrogens (tertiary/aromatic N) is 1. The monoisotopic (exact) mass is 410 g/mol. The van der Waals surface area contributed by atoms with Crippen LogP contribution in [-0.2, 0) is 14.4 Å². The van der Waals surface area contributed by atoms with Gasteiger partial charge in [0.05, 0.1) is 16.8 Å². The molecule has 3 rings (SSSR count). The first-order chi connectivity index (χ1) is 12.8. The van der Waals surface area contributed by atoms with E-state index < -0.39 is 35.6 Å². The molecule has 10 nitrogen and oxygen atoms in total. The minimum atomic E-state index is -1.09. The lowest BCUT2D eigenvalue weighted by Crippen LogP contribution is -2.54. The summed E-state index contributed by atoms with van der Waals surface area (Å²) in [5.74, 6) is -2.82. The number of hydrogen-bond donors (Lipinski definition) is 3. The lowest BCUT2D eigenvalue weighted by atomic mass is 10.0. The molecule has 2 heterocycles. The van der Waals surface area contributed by atoms with Gasteiger partial charge in [0.15, 0.2) is 0 Å². The molecule has 1 saturated heterocycles. The van der Waals surface area contributed by atoms with Gasteiger partial charge in [-0.05, 0) is 18.6 Å². The average molecular weight is 411 g/mol. The van der Waals surface area contributed by atoms with Gasteiger partial charge in [-0.25, -0.2) is 0 Å². The Morgan fingerprint density at radius 3 is 2.61 bits per heavy atom. The molecule has 0 radical (unpaired) electrons. The van der Waals surface area contributed by atoms with Crippen molar-refractivity contribution in [3.8, 4) is 5.75 Å². The van der Waals surface area contributed by atoms with E-state index in [1.165, 1.54) is 19.1 Å². The van der Waals surface area contributed by atoms with Crippen molar-refractivity contribution < 1.29 is 28.7 Å². The van der Waals surface area contributed by atoms with Crippen LogP contribution < -0.4 is 21.1 Å². The van der Waals surface area contributed by atoms with Gasteiger partial charge < -0.3 is 15.8 Å². The van der Waals surface area contributed by atoms with Crippen LogP contribution in [0.5, 0.6) is 5.75 Å². The second kappa shape index (κ2) is 8.36. The molecule has 0 saturated carbocycles. The predicted octanol–water partition coefficient (Wildman–Crippen LogP) is -0.195. The fourth-order valence-corrected chi connectivity index (χ4v) is 3.13. The van der Waals surface area contributed by atoms with Crippen LogP contribution in [0.25, 0.3) is 0 Å². The van der Waals surface area contributed by atoms with Gasteiger partial charge >= 0.3 is 0 Å². The van der Waals surface area contributed by atoms with Crippen molar-refractivity contribution in [1.82, 2.24) is 10.2 Å². The number of benzene rings is 1. The van der Waals surface area contributed by atoms with Crippen LogP contribution in [0, 0.1) is 0 Å². The van der Waals surface area contributed by atoms with Crippen LogP contribution in [0.15, 0.2) is 12.1 Å². The van der Waals surface area contributed by atoms with Crippen LogP contribution >= 0.6 is 12.4 Å². The lowest BCUT2D eigenvalue weighted by molar-refractivity contribution is -0.136. The lowest BCUT2D eigenvalue weighted by Gasteiger charge is -2.27. The zero-order valence-electron chi connectivity index (χ0n) is 14.9. The maximum absolute atomic E-state index is 13.0. The van der Waals surface area contributed by atoms with Gasteiger partial charge in [0.2, 0.25) is 17.7 Å².